The van der Waals surface area contributed by atoms with Crippen LogP contribution in [0.3, 0.4) is 0 Å². The van der Waals surface area contributed by atoms with Gasteiger partial charge in [-0.05, 0) is 50.5 Å². The molecule has 3 rings (SSSR count). The number of fused-ring (bicyclic) bond motifs is 1. The van der Waals surface area contributed by atoms with E-state index in [0.29, 0.717) is 6.42 Å². The summed E-state index contributed by atoms with van der Waals surface area (Å²) in [5, 5.41) is 9.81. The minimum Gasteiger partial charge on any atom is -0.465 e. The molecule has 0 aliphatic carbocycles. The van der Waals surface area contributed by atoms with Gasteiger partial charge in [0.05, 0.1) is 6.04 Å². The minimum absolute atomic E-state index is 0. The van der Waals surface area contributed by atoms with Crippen molar-refractivity contribution < 1.29 is 14.7 Å². The van der Waals surface area contributed by atoms with Crippen molar-refractivity contribution in [3.05, 3.63) is 36.2 Å². The normalized spacial score (nSPS) is 18.0. The maximum absolute atomic E-state index is 12.3. The lowest BCUT2D eigenvalue weighted by molar-refractivity contribution is -0.117. The maximum Gasteiger partial charge on any atom is 0.408 e. The molecule has 2 aromatic rings. The number of amides is 2. The number of rotatable bonds is 3. The molecular formula is C20H26ClN5O3. The molecule has 1 aliphatic rings. The lowest BCUT2D eigenvalue weighted by Gasteiger charge is -2.43. The summed E-state index contributed by atoms with van der Waals surface area (Å²) in [5.41, 5.74) is 8.73. The third-order valence-corrected chi connectivity index (χ3v) is 5.11. The van der Waals surface area contributed by atoms with Gasteiger partial charge in [0.1, 0.15) is 0 Å². The van der Waals surface area contributed by atoms with E-state index in [1.807, 2.05) is 39.0 Å². The van der Waals surface area contributed by atoms with Gasteiger partial charge in [-0.25, -0.2) is 14.8 Å². The van der Waals surface area contributed by atoms with Crippen LogP contribution < -0.4 is 10.6 Å². The minimum atomic E-state index is -0.976. The van der Waals surface area contributed by atoms with E-state index in [1.54, 1.807) is 17.3 Å². The predicted molar refractivity (Wildman–Crippen MR) is 114 cm³/mol. The van der Waals surface area contributed by atoms with E-state index in [0.717, 1.165) is 22.4 Å². The Morgan fingerprint density at radius 1 is 1.24 bits per heavy atom. The molecule has 2 atom stereocenters. The number of carbonyl (C=O) groups is 2. The highest BCUT2D eigenvalue weighted by atomic mass is 35.5. The van der Waals surface area contributed by atoms with E-state index in [-0.39, 0.29) is 42.4 Å². The summed E-state index contributed by atoms with van der Waals surface area (Å²) in [6.45, 7) is 7.18. The average Bonchev–Trinajstić information content (AvgIpc) is 2.61. The van der Waals surface area contributed by atoms with Gasteiger partial charge in [0.2, 0.25) is 11.9 Å². The summed E-state index contributed by atoms with van der Waals surface area (Å²) < 4.78 is 0. The Hall–Kier alpha value is -2.87. The summed E-state index contributed by atoms with van der Waals surface area (Å²) in [5.74, 6) is 0.121. The molecular weight excluding hydrogens is 394 g/mol. The van der Waals surface area contributed by atoms with Crippen molar-refractivity contribution in [2.75, 3.05) is 10.6 Å². The number of hydrogen-bond donors (Lipinski definition) is 2. The largest absolute Gasteiger partial charge is 0.465 e. The average molecular weight is 420 g/mol. The van der Waals surface area contributed by atoms with Crippen LogP contribution >= 0.6 is 12.4 Å². The molecule has 8 nitrogen and oxygen atoms in total. The molecule has 156 valence electrons. The highest BCUT2D eigenvalue weighted by molar-refractivity contribution is 5.94. The van der Waals surface area contributed by atoms with E-state index < -0.39 is 6.09 Å². The molecule has 0 saturated heterocycles. The second kappa shape index (κ2) is 8.65. The molecule has 0 bridgehead atoms. The zero-order valence-electron chi connectivity index (χ0n) is 16.9. The number of nitrogen functional groups attached to an aromatic ring is 1. The van der Waals surface area contributed by atoms with Crippen molar-refractivity contribution in [1.82, 2.24) is 14.9 Å². The number of hydrogen-bond acceptors (Lipinski definition) is 5. The second-order valence-corrected chi connectivity index (χ2v) is 7.38. The van der Waals surface area contributed by atoms with Gasteiger partial charge < -0.3 is 15.7 Å². The quantitative estimate of drug-likeness (QED) is 0.783. The molecule has 2 heterocycles. The van der Waals surface area contributed by atoms with E-state index in [2.05, 4.69) is 9.97 Å². The molecule has 1 aromatic carbocycles. The van der Waals surface area contributed by atoms with Crippen LogP contribution in [-0.4, -0.2) is 44.1 Å². The second-order valence-electron chi connectivity index (χ2n) is 7.38. The fourth-order valence-corrected chi connectivity index (χ4v) is 3.96. The lowest BCUT2D eigenvalue weighted by atomic mass is 9.88. The van der Waals surface area contributed by atoms with Crippen LogP contribution in [0, 0.1) is 0 Å². The topological polar surface area (TPSA) is 113 Å². The van der Waals surface area contributed by atoms with Gasteiger partial charge in [-0.3, -0.25) is 9.69 Å². The Morgan fingerprint density at radius 3 is 2.38 bits per heavy atom. The first-order chi connectivity index (χ1) is 13.2. The monoisotopic (exact) mass is 419 g/mol. The van der Waals surface area contributed by atoms with Crippen LogP contribution in [-0.2, 0) is 4.79 Å². The van der Waals surface area contributed by atoms with Crippen LogP contribution in [0.4, 0.5) is 16.4 Å². The molecule has 0 saturated carbocycles. The first-order valence-electron chi connectivity index (χ1n) is 9.23. The summed E-state index contributed by atoms with van der Waals surface area (Å²) in [6, 6.07) is 5.02. The Morgan fingerprint density at radius 2 is 1.86 bits per heavy atom. The summed E-state index contributed by atoms with van der Waals surface area (Å²) in [6.07, 6.45) is 2.81. The lowest BCUT2D eigenvalue weighted by Crippen LogP contribution is -2.48. The Kier molecular flexibility index (Phi) is 6.69. The number of carbonyl (C=O) groups excluding carboxylic acids is 1. The fourth-order valence-electron chi connectivity index (χ4n) is 3.96. The van der Waals surface area contributed by atoms with Crippen molar-refractivity contribution in [2.45, 2.75) is 52.2 Å². The number of nitrogens with zero attached hydrogens (tertiary/aromatic N) is 4. The van der Waals surface area contributed by atoms with Gasteiger partial charge in [0.25, 0.3) is 0 Å². The molecule has 29 heavy (non-hydrogen) atoms. The third kappa shape index (κ3) is 4.27. The van der Waals surface area contributed by atoms with Gasteiger partial charge in [0.15, 0.2) is 0 Å². The third-order valence-electron chi connectivity index (χ3n) is 5.11. The highest BCUT2D eigenvalue weighted by Crippen LogP contribution is 2.43. The van der Waals surface area contributed by atoms with Crippen molar-refractivity contribution in [3.63, 3.8) is 0 Å². The first kappa shape index (κ1) is 22.4. The van der Waals surface area contributed by atoms with Crippen LogP contribution in [0.2, 0.25) is 0 Å². The first-order valence-corrected chi connectivity index (χ1v) is 9.23. The molecule has 3 N–H and O–H groups in total. The number of benzene rings is 1. The smallest absolute Gasteiger partial charge is 0.408 e. The Labute approximate surface area is 176 Å². The van der Waals surface area contributed by atoms with Crippen LogP contribution in [0.15, 0.2) is 30.6 Å². The highest BCUT2D eigenvalue weighted by Gasteiger charge is 2.38. The maximum atomic E-state index is 12.3. The summed E-state index contributed by atoms with van der Waals surface area (Å²) in [7, 11) is 0. The molecule has 9 heteroatoms. The number of anilines is 2. The van der Waals surface area contributed by atoms with E-state index in [4.69, 9.17) is 5.73 Å². The Bertz CT molecular complexity index is 903. The zero-order chi connectivity index (χ0) is 20.6. The van der Waals surface area contributed by atoms with Gasteiger partial charge in [-0.15, -0.1) is 12.4 Å². The number of nitrogens with two attached hydrogens (primary N) is 1. The van der Waals surface area contributed by atoms with Gasteiger partial charge >= 0.3 is 6.09 Å². The fraction of sp³-hybridized carbons (Fsp3) is 0.400. The SMILES string of the molecule is CC(=O)N1c2ccc(-c3cnc(N)nc3)cc2[C@H](N(C(=O)O)C(C)C)C[C@@H]1C.Cl. The van der Waals surface area contributed by atoms with E-state index in [9.17, 15) is 14.7 Å². The van der Waals surface area contributed by atoms with Gasteiger partial charge in [-0.2, -0.15) is 0 Å². The Balaban J connectivity index is 0.00000300. The van der Waals surface area contributed by atoms with E-state index in [1.165, 1.54) is 11.8 Å². The van der Waals surface area contributed by atoms with Crippen molar-refractivity contribution >= 4 is 36.0 Å². The summed E-state index contributed by atoms with van der Waals surface area (Å²) >= 11 is 0. The van der Waals surface area contributed by atoms with Gasteiger partial charge in [-0.1, -0.05) is 6.07 Å². The van der Waals surface area contributed by atoms with Crippen molar-refractivity contribution in [3.8, 4) is 11.1 Å². The number of halogens is 1. The number of carboxylic acid groups (broad SMARTS) is 1. The molecule has 0 unspecified atom stereocenters. The van der Waals surface area contributed by atoms with Crippen molar-refractivity contribution in [1.29, 1.82) is 0 Å². The molecule has 1 aromatic heterocycles. The molecule has 0 fully saturated rings. The molecule has 2 amide bonds. The van der Waals surface area contributed by atoms with Crippen molar-refractivity contribution in [2.24, 2.45) is 0 Å². The van der Waals surface area contributed by atoms with Crippen LogP contribution in [0.5, 0.6) is 0 Å². The summed E-state index contributed by atoms with van der Waals surface area (Å²) in [4.78, 5) is 35.5. The van der Waals surface area contributed by atoms with Crippen LogP contribution in [0.25, 0.3) is 11.1 Å². The molecule has 0 spiro atoms. The predicted octanol–water partition coefficient (Wildman–Crippen LogP) is 3.72. The van der Waals surface area contributed by atoms with Crippen LogP contribution in [0.1, 0.15) is 45.7 Å². The molecule has 1 aliphatic heterocycles. The zero-order valence-corrected chi connectivity index (χ0v) is 17.7. The van der Waals surface area contributed by atoms with Gasteiger partial charge in [0, 0.05) is 42.7 Å². The van der Waals surface area contributed by atoms with E-state index >= 15 is 0 Å². The molecule has 0 radical (unpaired) electrons. The standard InChI is InChI=1S/C20H25N5O3.ClH/c1-11(2)24(20(27)28)18-7-12(3)25(13(4)26)17-6-5-14(8-16(17)18)15-9-22-19(21)23-10-15;/h5-6,8-12,18H,7H2,1-4H3,(H,27,28)(H2,21,22,23);1H/t12-,18+;/m0./s1. The number of aromatic nitrogens is 2.